The molecule has 0 heterocycles. The van der Waals surface area contributed by atoms with Gasteiger partial charge in [-0.25, -0.2) is 0 Å². The lowest BCUT2D eigenvalue weighted by Crippen LogP contribution is -2.45. The predicted molar refractivity (Wildman–Crippen MR) is 111 cm³/mol. The van der Waals surface area contributed by atoms with E-state index in [1.807, 2.05) is 18.2 Å². The molecule has 144 valence electrons. The number of amides is 1. The summed E-state index contributed by atoms with van der Waals surface area (Å²) in [4.78, 5) is 13.2. The summed E-state index contributed by atoms with van der Waals surface area (Å²) in [5, 5.41) is 3.86. The maximum Gasteiger partial charge on any atom is 0.251 e. The van der Waals surface area contributed by atoms with Crippen LogP contribution < -0.4 is 11.1 Å². The van der Waals surface area contributed by atoms with E-state index in [2.05, 4.69) is 11.4 Å². The third kappa shape index (κ3) is 4.60. The zero-order valence-electron chi connectivity index (χ0n) is 15.4. The lowest BCUT2D eigenvalue weighted by atomic mass is 9.68. The van der Waals surface area contributed by atoms with Gasteiger partial charge >= 0.3 is 0 Å². The fourth-order valence-corrected chi connectivity index (χ4v) is 4.52. The van der Waals surface area contributed by atoms with Gasteiger partial charge in [0.05, 0.1) is 0 Å². The minimum absolute atomic E-state index is 0.0705. The first-order valence-electron chi connectivity index (χ1n) is 9.14. The summed E-state index contributed by atoms with van der Waals surface area (Å²) < 4.78 is 11.5. The Labute approximate surface area is 167 Å². The predicted octanol–water partition coefficient (Wildman–Crippen LogP) is 3.65. The van der Waals surface area contributed by atoms with Gasteiger partial charge in [0, 0.05) is 50.5 Å². The van der Waals surface area contributed by atoms with Gasteiger partial charge in [-0.15, -0.1) is 0 Å². The van der Waals surface area contributed by atoms with Crippen molar-refractivity contribution in [3.05, 3.63) is 64.7 Å². The van der Waals surface area contributed by atoms with E-state index >= 15 is 0 Å². The molecule has 1 fully saturated rings. The van der Waals surface area contributed by atoms with Crippen molar-refractivity contribution in [2.75, 3.05) is 12.8 Å². The molecule has 2 aromatic carbocycles. The Morgan fingerprint density at radius 3 is 2.44 bits per heavy atom. The fourth-order valence-electron chi connectivity index (χ4n) is 3.81. The van der Waals surface area contributed by atoms with Gasteiger partial charge < -0.3 is 11.1 Å². The molecule has 27 heavy (non-hydrogen) atoms. The molecule has 6 heteroatoms. The molecule has 1 aliphatic rings. The topological polar surface area (TPSA) is 72.2 Å². The van der Waals surface area contributed by atoms with E-state index in [1.165, 1.54) is 5.56 Å². The SMILES string of the molecule is CS(=O)c1ccc(C(=O)NC2CCC(CN)(c3cccc(Cl)c3)CC2)cc1. The van der Waals surface area contributed by atoms with Crippen molar-refractivity contribution >= 4 is 28.3 Å². The monoisotopic (exact) mass is 404 g/mol. The summed E-state index contributed by atoms with van der Waals surface area (Å²) in [6.45, 7) is 0.573. The zero-order valence-corrected chi connectivity index (χ0v) is 17.0. The van der Waals surface area contributed by atoms with E-state index in [9.17, 15) is 9.00 Å². The molecule has 1 unspecified atom stereocenters. The summed E-state index contributed by atoms with van der Waals surface area (Å²) in [5.41, 5.74) is 7.85. The Hall–Kier alpha value is -1.69. The van der Waals surface area contributed by atoms with E-state index in [-0.39, 0.29) is 17.4 Å². The van der Waals surface area contributed by atoms with Crippen molar-refractivity contribution in [3.8, 4) is 0 Å². The molecule has 0 radical (unpaired) electrons. The molecular weight excluding hydrogens is 380 g/mol. The molecule has 0 aromatic heterocycles. The Balaban J connectivity index is 1.63. The van der Waals surface area contributed by atoms with Crippen molar-refractivity contribution < 1.29 is 9.00 Å². The Morgan fingerprint density at radius 2 is 1.89 bits per heavy atom. The Morgan fingerprint density at radius 1 is 1.22 bits per heavy atom. The van der Waals surface area contributed by atoms with E-state index in [4.69, 9.17) is 17.3 Å². The second-order valence-electron chi connectivity index (χ2n) is 7.22. The van der Waals surface area contributed by atoms with Gasteiger partial charge in [-0.3, -0.25) is 9.00 Å². The molecule has 0 aliphatic heterocycles. The molecule has 3 N–H and O–H groups in total. The van der Waals surface area contributed by atoms with Crippen molar-refractivity contribution in [3.63, 3.8) is 0 Å². The normalized spacial score (nSPS) is 23.6. The van der Waals surface area contributed by atoms with Crippen LogP contribution in [0.15, 0.2) is 53.4 Å². The summed E-state index contributed by atoms with van der Waals surface area (Å²) in [6.07, 6.45) is 5.23. The maximum absolute atomic E-state index is 12.5. The third-order valence-corrected chi connectivity index (χ3v) is 6.73. The van der Waals surface area contributed by atoms with Crippen LogP contribution in [0.5, 0.6) is 0 Å². The first kappa shape index (κ1) is 20.1. The molecule has 1 atom stereocenters. The zero-order chi connectivity index (χ0) is 19.4. The second-order valence-corrected chi connectivity index (χ2v) is 9.04. The minimum Gasteiger partial charge on any atom is -0.349 e. The molecule has 4 nitrogen and oxygen atoms in total. The second kappa shape index (κ2) is 8.55. The first-order chi connectivity index (χ1) is 12.9. The summed E-state index contributed by atoms with van der Waals surface area (Å²) in [7, 11) is -1.04. The molecule has 1 amide bonds. The van der Waals surface area contributed by atoms with Crippen LogP contribution in [0.2, 0.25) is 5.02 Å². The van der Waals surface area contributed by atoms with Crippen LogP contribution in [0.3, 0.4) is 0 Å². The maximum atomic E-state index is 12.5. The average Bonchev–Trinajstić information content (AvgIpc) is 2.69. The van der Waals surface area contributed by atoms with Crippen molar-refractivity contribution in [1.82, 2.24) is 5.32 Å². The molecule has 0 saturated heterocycles. The van der Waals surface area contributed by atoms with Gasteiger partial charge in [-0.1, -0.05) is 23.7 Å². The summed E-state index contributed by atoms with van der Waals surface area (Å²) in [5.74, 6) is -0.0866. The number of hydrogen-bond donors (Lipinski definition) is 2. The van der Waals surface area contributed by atoms with Crippen LogP contribution in [0.4, 0.5) is 0 Å². The number of carbonyl (C=O) groups is 1. The van der Waals surface area contributed by atoms with Crippen LogP contribution in [-0.4, -0.2) is 29.0 Å². The third-order valence-electron chi connectivity index (χ3n) is 5.55. The van der Waals surface area contributed by atoms with Gasteiger partial charge in [0.15, 0.2) is 0 Å². The summed E-state index contributed by atoms with van der Waals surface area (Å²) in [6, 6.07) is 15.0. The lowest BCUT2D eigenvalue weighted by Gasteiger charge is -2.40. The highest BCUT2D eigenvalue weighted by Crippen LogP contribution is 2.39. The number of hydrogen-bond acceptors (Lipinski definition) is 3. The van der Waals surface area contributed by atoms with Crippen molar-refractivity contribution in [1.29, 1.82) is 0 Å². The number of halogens is 1. The Bertz CT molecular complexity index is 830. The number of rotatable bonds is 5. The highest BCUT2D eigenvalue weighted by molar-refractivity contribution is 7.84. The number of carbonyl (C=O) groups excluding carboxylic acids is 1. The quantitative estimate of drug-likeness (QED) is 0.798. The van der Waals surface area contributed by atoms with Gasteiger partial charge in [0.2, 0.25) is 0 Å². The van der Waals surface area contributed by atoms with Crippen LogP contribution in [0, 0.1) is 0 Å². The van der Waals surface area contributed by atoms with Gasteiger partial charge in [0.1, 0.15) is 0 Å². The highest BCUT2D eigenvalue weighted by Gasteiger charge is 2.36. The number of benzene rings is 2. The van der Waals surface area contributed by atoms with E-state index in [1.54, 1.807) is 30.5 Å². The van der Waals surface area contributed by atoms with Crippen LogP contribution in [0.1, 0.15) is 41.6 Å². The van der Waals surface area contributed by atoms with E-state index in [0.717, 1.165) is 35.6 Å². The largest absolute Gasteiger partial charge is 0.349 e. The number of nitrogens with one attached hydrogen (secondary N) is 1. The average molecular weight is 405 g/mol. The molecule has 2 aromatic rings. The number of nitrogens with two attached hydrogens (primary N) is 1. The van der Waals surface area contributed by atoms with Gasteiger partial charge in [-0.05, 0) is 67.6 Å². The van der Waals surface area contributed by atoms with Crippen molar-refractivity contribution in [2.45, 2.75) is 42.0 Å². The minimum atomic E-state index is -1.04. The van der Waals surface area contributed by atoms with Crippen LogP contribution in [-0.2, 0) is 16.2 Å². The van der Waals surface area contributed by atoms with Gasteiger partial charge in [0.25, 0.3) is 5.91 Å². The Kier molecular flexibility index (Phi) is 6.35. The van der Waals surface area contributed by atoms with Gasteiger partial charge in [-0.2, -0.15) is 0 Å². The molecule has 3 rings (SSSR count). The summed E-state index contributed by atoms with van der Waals surface area (Å²) >= 11 is 6.16. The first-order valence-corrected chi connectivity index (χ1v) is 11.1. The lowest BCUT2D eigenvalue weighted by molar-refractivity contribution is 0.0918. The van der Waals surface area contributed by atoms with E-state index < -0.39 is 10.8 Å². The molecule has 1 saturated carbocycles. The molecule has 1 aliphatic carbocycles. The fraction of sp³-hybridized carbons (Fsp3) is 0.381. The van der Waals surface area contributed by atoms with Crippen LogP contribution in [0.25, 0.3) is 0 Å². The standard InChI is InChI=1S/C21H25ClN2O2S/c1-27(26)19-7-5-15(6-8-19)20(25)24-18-9-11-21(14-23,12-10-18)16-3-2-4-17(22)13-16/h2-8,13,18H,9-12,14,23H2,1H3,(H,24,25). The van der Waals surface area contributed by atoms with E-state index in [0.29, 0.717) is 12.1 Å². The van der Waals surface area contributed by atoms with Crippen molar-refractivity contribution in [2.24, 2.45) is 5.73 Å². The molecule has 0 bridgehead atoms. The smallest absolute Gasteiger partial charge is 0.251 e. The highest BCUT2D eigenvalue weighted by atomic mass is 35.5. The molecular formula is C21H25ClN2O2S. The molecule has 0 spiro atoms. The van der Waals surface area contributed by atoms with Crippen LogP contribution >= 0.6 is 11.6 Å².